The van der Waals surface area contributed by atoms with Gasteiger partial charge in [-0.05, 0) is 42.1 Å². The van der Waals surface area contributed by atoms with Crippen molar-refractivity contribution in [2.75, 3.05) is 0 Å². The summed E-state index contributed by atoms with van der Waals surface area (Å²) in [6.45, 7) is 1.91. The Morgan fingerprint density at radius 2 is 1.92 bits per heavy atom. The van der Waals surface area contributed by atoms with Gasteiger partial charge >= 0.3 is 12.1 Å². The van der Waals surface area contributed by atoms with Crippen LogP contribution in [0.3, 0.4) is 0 Å². The summed E-state index contributed by atoms with van der Waals surface area (Å²) in [5.74, 6) is -0.935. The van der Waals surface area contributed by atoms with E-state index in [4.69, 9.17) is 5.73 Å². The molecule has 8 heteroatoms. The van der Waals surface area contributed by atoms with E-state index < -0.39 is 17.7 Å². The minimum atomic E-state index is -4.43. The van der Waals surface area contributed by atoms with Crippen molar-refractivity contribution < 1.29 is 22.8 Å². The molecule has 0 atom stereocenters. The number of hydrogen-bond acceptors (Lipinski definition) is 4. The number of benzene rings is 1. The zero-order valence-corrected chi connectivity index (χ0v) is 13.3. The van der Waals surface area contributed by atoms with E-state index in [1.54, 1.807) is 6.08 Å². The standard InChI is InChI=1S/C16H13F3N2O2S/c1-10-8-9-24-13(10)6-7-14(22)23-21-15(20)11-2-4-12(5-3-11)16(17,18)19/h2-9H,1H3,(H2,20,21)/b7-6+. The number of halogens is 3. The van der Waals surface area contributed by atoms with Gasteiger partial charge in [-0.3, -0.25) is 0 Å². The lowest BCUT2D eigenvalue weighted by molar-refractivity contribution is -0.138. The summed E-state index contributed by atoms with van der Waals surface area (Å²) in [5.41, 5.74) is 6.03. The zero-order chi connectivity index (χ0) is 17.7. The predicted molar refractivity (Wildman–Crippen MR) is 86.4 cm³/mol. The van der Waals surface area contributed by atoms with Crippen LogP contribution < -0.4 is 5.73 Å². The molecule has 0 fully saturated rings. The number of carbonyl (C=O) groups is 1. The molecule has 0 radical (unpaired) electrons. The SMILES string of the molecule is Cc1ccsc1/C=C/C(=O)O/N=C(/N)c1ccc(C(F)(F)F)cc1. The van der Waals surface area contributed by atoms with Gasteiger partial charge in [0.2, 0.25) is 0 Å². The fourth-order valence-corrected chi connectivity index (χ4v) is 2.53. The minimum absolute atomic E-state index is 0.197. The van der Waals surface area contributed by atoms with Crippen LogP contribution in [0, 0.1) is 6.92 Å². The van der Waals surface area contributed by atoms with Crippen molar-refractivity contribution in [2.45, 2.75) is 13.1 Å². The molecule has 1 heterocycles. The van der Waals surface area contributed by atoms with Crippen LogP contribution in [0.5, 0.6) is 0 Å². The minimum Gasteiger partial charge on any atom is -0.380 e. The Labute approximate surface area is 140 Å². The normalized spacial score (nSPS) is 12.6. The van der Waals surface area contributed by atoms with E-state index >= 15 is 0 Å². The summed E-state index contributed by atoms with van der Waals surface area (Å²) in [6.07, 6.45) is -1.64. The number of nitrogens with zero attached hydrogens (tertiary/aromatic N) is 1. The van der Waals surface area contributed by atoms with Crippen LogP contribution in [0.4, 0.5) is 13.2 Å². The van der Waals surface area contributed by atoms with Gasteiger partial charge in [0.25, 0.3) is 0 Å². The molecule has 2 rings (SSSR count). The lowest BCUT2D eigenvalue weighted by Crippen LogP contribution is -2.15. The molecule has 0 saturated carbocycles. The second kappa shape index (κ2) is 7.31. The molecule has 1 aromatic heterocycles. The zero-order valence-electron chi connectivity index (χ0n) is 12.5. The highest BCUT2D eigenvalue weighted by molar-refractivity contribution is 7.11. The van der Waals surface area contributed by atoms with Gasteiger partial charge in [-0.1, -0.05) is 17.3 Å². The molecule has 126 valence electrons. The molecule has 1 aromatic carbocycles. The molecule has 0 aliphatic carbocycles. The Morgan fingerprint density at radius 1 is 1.25 bits per heavy atom. The summed E-state index contributed by atoms with van der Waals surface area (Å²) < 4.78 is 37.4. The quantitative estimate of drug-likeness (QED) is 0.297. The molecule has 0 aliphatic heterocycles. The van der Waals surface area contributed by atoms with Gasteiger partial charge in [0.15, 0.2) is 5.84 Å². The highest BCUT2D eigenvalue weighted by atomic mass is 32.1. The Bertz CT molecular complexity index is 777. The Hall–Kier alpha value is -2.61. The van der Waals surface area contributed by atoms with E-state index in [0.717, 1.165) is 34.7 Å². The first-order chi connectivity index (χ1) is 11.3. The lowest BCUT2D eigenvalue weighted by Gasteiger charge is -2.06. The summed E-state index contributed by atoms with van der Waals surface area (Å²) in [7, 11) is 0. The number of hydrogen-bond donors (Lipinski definition) is 1. The summed E-state index contributed by atoms with van der Waals surface area (Å²) in [5, 5.41) is 5.31. The van der Waals surface area contributed by atoms with E-state index in [2.05, 4.69) is 9.99 Å². The fraction of sp³-hybridized carbons (Fsp3) is 0.125. The van der Waals surface area contributed by atoms with Gasteiger partial charge in [-0.2, -0.15) is 13.2 Å². The number of thiophene rings is 1. The van der Waals surface area contributed by atoms with Crippen molar-refractivity contribution in [3.8, 4) is 0 Å². The van der Waals surface area contributed by atoms with Gasteiger partial charge in [-0.15, -0.1) is 11.3 Å². The average Bonchev–Trinajstić information content (AvgIpc) is 2.95. The first-order valence-electron chi connectivity index (χ1n) is 6.71. The largest absolute Gasteiger partial charge is 0.416 e. The number of rotatable bonds is 4. The summed E-state index contributed by atoms with van der Waals surface area (Å²) in [4.78, 5) is 17.1. The molecule has 0 amide bonds. The van der Waals surface area contributed by atoms with Gasteiger partial charge in [-0.25, -0.2) is 4.79 Å². The molecule has 0 bridgehead atoms. The summed E-state index contributed by atoms with van der Waals surface area (Å²) >= 11 is 1.47. The Morgan fingerprint density at radius 3 is 2.46 bits per heavy atom. The van der Waals surface area contributed by atoms with Gasteiger partial charge in [0, 0.05) is 16.5 Å². The van der Waals surface area contributed by atoms with Crippen molar-refractivity contribution in [3.63, 3.8) is 0 Å². The molecule has 0 spiro atoms. The third-order valence-electron chi connectivity index (χ3n) is 3.01. The smallest absolute Gasteiger partial charge is 0.380 e. The maximum absolute atomic E-state index is 12.5. The van der Waals surface area contributed by atoms with Gasteiger partial charge < -0.3 is 10.6 Å². The molecule has 2 aromatic rings. The van der Waals surface area contributed by atoms with Crippen LogP contribution >= 0.6 is 11.3 Å². The van der Waals surface area contributed by atoms with Crippen LogP contribution in [-0.2, 0) is 15.8 Å². The van der Waals surface area contributed by atoms with Crippen LogP contribution in [0.25, 0.3) is 6.08 Å². The number of oxime groups is 1. The van der Waals surface area contributed by atoms with Gasteiger partial charge in [0.05, 0.1) is 5.56 Å². The lowest BCUT2D eigenvalue weighted by atomic mass is 10.1. The van der Waals surface area contributed by atoms with E-state index in [-0.39, 0.29) is 11.4 Å². The predicted octanol–water partition coefficient (Wildman–Crippen LogP) is 3.95. The number of aryl methyl sites for hydroxylation is 1. The molecular formula is C16H13F3N2O2S. The third kappa shape index (κ3) is 4.69. The van der Waals surface area contributed by atoms with Crippen molar-refractivity contribution in [1.82, 2.24) is 0 Å². The van der Waals surface area contributed by atoms with Crippen LogP contribution in [0.1, 0.15) is 21.6 Å². The number of nitrogens with two attached hydrogens (primary N) is 1. The van der Waals surface area contributed by atoms with E-state index in [1.165, 1.54) is 17.4 Å². The molecule has 0 aliphatic rings. The molecular weight excluding hydrogens is 341 g/mol. The summed E-state index contributed by atoms with van der Waals surface area (Å²) in [6, 6.07) is 5.97. The average molecular weight is 354 g/mol. The highest BCUT2D eigenvalue weighted by Gasteiger charge is 2.30. The third-order valence-corrected chi connectivity index (χ3v) is 4.00. The monoisotopic (exact) mass is 354 g/mol. The number of amidine groups is 1. The Kier molecular flexibility index (Phi) is 5.40. The Balaban J connectivity index is 1.99. The molecule has 24 heavy (non-hydrogen) atoms. The first kappa shape index (κ1) is 17.7. The maximum atomic E-state index is 12.5. The number of alkyl halides is 3. The van der Waals surface area contributed by atoms with Crippen molar-refractivity contribution in [2.24, 2.45) is 10.9 Å². The van der Waals surface area contributed by atoms with Gasteiger partial charge in [0.1, 0.15) is 0 Å². The first-order valence-corrected chi connectivity index (χ1v) is 7.59. The molecule has 0 unspecified atom stereocenters. The van der Waals surface area contributed by atoms with E-state index in [9.17, 15) is 18.0 Å². The van der Waals surface area contributed by atoms with Crippen LogP contribution in [-0.4, -0.2) is 11.8 Å². The second-order valence-corrected chi connectivity index (χ2v) is 5.71. The second-order valence-electron chi connectivity index (χ2n) is 4.76. The molecule has 2 N–H and O–H groups in total. The fourth-order valence-electron chi connectivity index (χ4n) is 1.71. The molecule has 4 nitrogen and oxygen atoms in total. The van der Waals surface area contributed by atoms with E-state index in [0.29, 0.717) is 0 Å². The highest BCUT2D eigenvalue weighted by Crippen LogP contribution is 2.29. The van der Waals surface area contributed by atoms with E-state index in [1.807, 2.05) is 18.4 Å². The topological polar surface area (TPSA) is 64.7 Å². The number of carbonyl (C=O) groups excluding carboxylic acids is 1. The molecule has 0 saturated heterocycles. The van der Waals surface area contributed by atoms with Crippen molar-refractivity contribution in [3.05, 3.63) is 63.4 Å². The maximum Gasteiger partial charge on any atom is 0.416 e. The van der Waals surface area contributed by atoms with Crippen molar-refractivity contribution in [1.29, 1.82) is 0 Å². The van der Waals surface area contributed by atoms with Crippen LogP contribution in [0.15, 0.2) is 46.9 Å². The van der Waals surface area contributed by atoms with Crippen molar-refractivity contribution >= 4 is 29.2 Å². The van der Waals surface area contributed by atoms with Crippen LogP contribution in [0.2, 0.25) is 0 Å².